The number of hydrogen-bond acceptors (Lipinski definition) is 4. The summed E-state index contributed by atoms with van der Waals surface area (Å²) in [6.45, 7) is 10.6. The van der Waals surface area contributed by atoms with Crippen molar-refractivity contribution >= 4 is 15.7 Å². The van der Waals surface area contributed by atoms with E-state index in [4.69, 9.17) is 5.73 Å². The normalized spacial score (nSPS) is 12.1. The van der Waals surface area contributed by atoms with Crippen molar-refractivity contribution in [2.75, 3.05) is 31.9 Å². The number of aryl methyl sites for hydroxylation is 1. The Morgan fingerprint density at radius 1 is 1.20 bits per heavy atom. The lowest BCUT2D eigenvalue weighted by atomic mass is 10.1. The first-order valence-corrected chi connectivity index (χ1v) is 8.38. The molecule has 114 valence electrons. The average Bonchev–Trinajstić information content (AvgIpc) is 2.38. The number of sulfonamides is 1. The van der Waals surface area contributed by atoms with E-state index < -0.39 is 10.0 Å². The van der Waals surface area contributed by atoms with E-state index in [0.717, 1.165) is 18.7 Å². The minimum atomic E-state index is -3.50. The molecule has 0 aliphatic heterocycles. The van der Waals surface area contributed by atoms with Crippen LogP contribution in [0.15, 0.2) is 17.0 Å². The number of rotatable bonds is 7. The summed E-state index contributed by atoms with van der Waals surface area (Å²) < 4.78 is 27.3. The van der Waals surface area contributed by atoms with E-state index in [1.54, 1.807) is 19.1 Å². The highest BCUT2D eigenvalue weighted by atomic mass is 32.2. The maximum atomic E-state index is 12.3. The number of nitrogens with one attached hydrogen (secondary N) is 1. The quantitative estimate of drug-likeness (QED) is 0.748. The monoisotopic (exact) mass is 299 g/mol. The molecule has 0 amide bonds. The van der Waals surface area contributed by atoms with Gasteiger partial charge < -0.3 is 10.6 Å². The molecule has 0 saturated carbocycles. The van der Waals surface area contributed by atoms with Gasteiger partial charge in [0.15, 0.2) is 0 Å². The van der Waals surface area contributed by atoms with Gasteiger partial charge in [0.05, 0.1) is 4.90 Å². The molecule has 0 spiro atoms. The Morgan fingerprint density at radius 2 is 1.80 bits per heavy atom. The zero-order valence-electron chi connectivity index (χ0n) is 12.7. The van der Waals surface area contributed by atoms with Crippen LogP contribution in [0.3, 0.4) is 0 Å². The standard InChI is InChI=1S/C14H25N3O2S/c1-5-17(6-2)8-7-16-20(18,19)14-10-11(3)9-13(15)12(14)4/h9-10,16H,5-8,15H2,1-4H3. The number of nitrogens with zero attached hydrogens (tertiary/aromatic N) is 1. The molecular formula is C14H25N3O2S. The molecule has 0 unspecified atom stereocenters. The fourth-order valence-corrected chi connectivity index (χ4v) is 3.46. The van der Waals surface area contributed by atoms with Gasteiger partial charge in [-0.25, -0.2) is 13.1 Å². The van der Waals surface area contributed by atoms with Gasteiger partial charge in [0.25, 0.3) is 0 Å². The fraction of sp³-hybridized carbons (Fsp3) is 0.571. The summed E-state index contributed by atoms with van der Waals surface area (Å²) >= 11 is 0. The topological polar surface area (TPSA) is 75.4 Å². The second-order valence-electron chi connectivity index (χ2n) is 4.90. The molecule has 1 rings (SSSR count). The van der Waals surface area contributed by atoms with Gasteiger partial charge in [-0.2, -0.15) is 0 Å². The Kier molecular flexibility index (Phi) is 5.98. The molecule has 0 bridgehead atoms. The lowest BCUT2D eigenvalue weighted by molar-refractivity contribution is 0.309. The molecule has 0 aromatic heterocycles. The van der Waals surface area contributed by atoms with Gasteiger partial charge in [-0.05, 0) is 50.2 Å². The van der Waals surface area contributed by atoms with E-state index in [1.165, 1.54) is 0 Å². The van der Waals surface area contributed by atoms with E-state index in [0.29, 0.717) is 24.3 Å². The van der Waals surface area contributed by atoms with Crippen LogP contribution < -0.4 is 10.5 Å². The Labute approximate surface area is 122 Å². The molecule has 0 aliphatic carbocycles. The molecule has 0 aliphatic rings. The minimum Gasteiger partial charge on any atom is -0.398 e. The summed E-state index contributed by atoms with van der Waals surface area (Å²) in [5.41, 5.74) is 7.79. The predicted molar refractivity (Wildman–Crippen MR) is 83.3 cm³/mol. The molecule has 20 heavy (non-hydrogen) atoms. The summed E-state index contributed by atoms with van der Waals surface area (Å²) in [5.74, 6) is 0. The molecular weight excluding hydrogens is 274 g/mol. The number of likely N-dealkylation sites (N-methyl/N-ethyl adjacent to an activating group) is 1. The lowest BCUT2D eigenvalue weighted by Gasteiger charge is -2.18. The SMILES string of the molecule is CCN(CC)CCNS(=O)(=O)c1cc(C)cc(N)c1C. The number of hydrogen-bond donors (Lipinski definition) is 2. The largest absolute Gasteiger partial charge is 0.398 e. The number of nitrogen functional groups attached to an aromatic ring is 1. The van der Waals surface area contributed by atoms with Crippen LogP contribution in [0.5, 0.6) is 0 Å². The maximum absolute atomic E-state index is 12.3. The van der Waals surface area contributed by atoms with Crippen molar-refractivity contribution in [2.45, 2.75) is 32.6 Å². The summed E-state index contributed by atoms with van der Waals surface area (Å²) in [6, 6.07) is 3.44. The molecule has 0 heterocycles. The maximum Gasteiger partial charge on any atom is 0.240 e. The van der Waals surface area contributed by atoms with E-state index in [1.807, 2.05) is 6.92 Å². The Morgan fingerprint density at radius 3 is 2.35 bits per heavy atom. The molecule has 1 aromatic carbocycles. The van der Waals surface area contributed by atoms with Crippen LogP contribution in [0.4, 0.5) is 5.69 Å². The van der Waals surface area contributed by atoms with Gasteiger partial charge in [0.2, 0.25) is 10.0 Å². The van der Waals surface area contributed by atoms with Crippen molar-refractivity contribution < 1.29 is 8.42 Å². The van der Waals surface area contributed by atoms with Crippen LogP contribution in [-0.2, 0) is 10.0 Å². The van der Waals surface area contributed by atoms with Gasteiger partial charge in [-0.15, -0.1) is 0 Å². The first-order valence-electron chi connectivity index (χ1n) is 6.90. The highest BCUT2D eigenvalue weighted by molar-refractivity contribution is 7.89. The Bertz CT molecular complexity index is 552. The van der Waals surface area contributed by atoms with Crippen LogP contribution in [-0.4, -0.2) is 39.5 Å². The van der Waals surface area contributed by atoms with Crippen molar-refractivity contribution in [3.05, 3.63) is 23.3 Å². The fourth-order valence-electron chi connectivity index (χ4n) is 2.09. The lowest BCUT2D eigenvalue weighted by Crippen LogP contribution is -2.35. The molecule has 6 heteroatoms. The number of nitrogens with two attached hydrogens (primary N) is 1. The molecule has 0 radical (unpaired) electrons. The van der Waals surface area contributed by atoms with Gasteiger partial charge in [-0.3, -0.25) is 0 Å². The van der Waals surface area contributed by atoms with Crippen molar-refractivity contribution in [1.29, 1.82) is 0 Å². The summed E-state index contributed by atoms with van der Waals surface area (Å²) in [7, 11) is -3.50. The van der Waals surface area contributed by atoms with Crippen molar-refractivity contribution in [3.8, 4) is 0 Å². The van der Waals surface area contributed by atoms with Crippen molar-refractivity contribution in [2.24, 2.45) is 0 Å². The molecule has 1 aromatic rings. The number of anilines is 1. The third-order valence-corrected chi connectivity index (χ3v) is 5.04. The smallest absolute Gasteiger partial charge is 0.240 e. The van der Waals surface area contributed by atoms with E-state index in [9.17, 15) is 8.42 Å². The van der Waals surface area contributed by atoms with Gasteiger partial charge in [0.1, 0.15) is 0 Å². The average molecular weight is 299 g/mol. The van der Waals surface area contributed by atoms with Crippen LogP contribution in [0.2, 0.25) is 0 Å². The summed E-state index contributed by atoms with van der Waals surface area (Å²) in [6.07, 6.45) is 0. The van der Waals surface area contributed by atoms with Gasteiger partial charge >= 0.3 is 0 Å². The third kappa shape index (κ3) is 4.19. The van der Waals surface area contributed by atoms with Crippen molar-refractivity contribution in [3.63, 3.8) is 0 Å². The first-order chi connectivity index (χ1) is 9.31. The number of benzene rings is 1. The highest BCUT2D eigenvalue weighted by Crippen LogP contribution is 2.22. The zero-order chi connectivity index (χ0) is 15.3. The van der Waals surface area contributed by atoms with Crippen molar-refractivity contribution in [1.82, 2.24) is 9.62 Å². The Hall–Kier alpha value is -1.11. The minimum absolute atomic E-state index is 0.273. The molecule has 0 fully saturated rings. The summed E-state index contributed by atoms with van der Waals surface area (Å²) in [5, 5.41) is 0. The van der Waals surface area contributed by atoms with E-state index >= 15 is 0 Å². The molecule has 5 nitrogen and oxygen atoms in total. The van der Waals surface area contributed by atoms with E-state index in [2.05, 4.69) is 23.5 Å². The predicted octanol–water partition coefficient (Wildman–Crippen LogP) is 1.51. The molecule has 0 atom stereocenters. The first kappa shape index (κ1) is 16.9. The summed E-state index contributed by atoms with van der Waals surface area (Å²) in [4.78, 5) is 2.44. The van der Waals surface area contributed by atoms with Gasteiger partial charge in [-0.1, -0.05) is 13.8 Å². The highest BCUT2D eigenvalue weighted by Gasteiger charge is 2.18. The van der Waals surface area contributed by atoms with E-state index in [-0.39, 0.29) is 4.90 Å². The second-order valence-corrected chi connectivity index (χ2v) is 6.64. The molecule has 3 N–H and O–H groups in total. The third-order valence-electron chi connectivity index (χ3n) is 3.45. The van der Waals surface area contributed by atoms with Crippen LogP contribution >= 0.6 is 0 Å². The zero-order valence-corrected chi connectivity index (χ0v) is 13.5. The second kappa shape index (κ2) is 7.06. The van der Waals surface area contributed by atoms with Crippen LogP contribution in [0, 0.1) is 13.8 Å². The van der Waals surface area contributed by atoms with Crippen LogP contribution in [0.25, 0.3) is 0 Å². The van der Waals surface area contributed by atoms with Crippen LogP contribution in [0.1, 0.15) is 25.0 Å². The Balaban J connectivity index is 2.85. The molecule has 0 saturated heterocycles. The van der Waals surface area contributed by atoms with Gasteiger partial charge in [0, 0.05) is 18.8 Å².